The van der Waals surface area contributed by atoms with Gasteiger partial charge < -0.3 is 9.47 Å². The molecule has 0 aromatic heterocycles. The first kappa shape index (κ1) is 17.0. The molecule has 1 atom stereocenters. The Bertz CT molecular complexity index is 425. The van der Waals surface area contributed by atoms with E-state index in [-0.39, 0.29) is 0 Å². The number of hydrogen-bond donors (Lipinski definition) is 0. The van der Waals surface area contributed by atoms with E-state index >= 15 is 0 Å². The van der Waals surface area contributed by atoms with Crippen LogP contribution in [0.2, 0.25) is 0 Å². The van der Waals surface area contributed by atoms with Crippen molar-refractivity contribution in [1.82, 2.24) is 0 Å². The van der Waals surface area contributed by atoms with Gasteiger partial charge in [-0.25, -0.2) is 0 Å². The van der Waals surface area contributed by atoms with Crippen molar-refractivity contribution >= 4 is 14.0 Å². The Morgan fingerprint density at radius 1 is 1.15 bits per heavy atom. The average molecular weight is 294 g/mol. The molecule has 20 heavy (non-hydrogen) atoms. The van der Waals surface area contributed by atoms with Crippen molar-refractivity contribution in [2.24, 2.45) is 11.3 Å². The minimum atomic E-state index is 0.400. The van der Waals surface area contributed by atoms with Gasteiger partial charge in [0.05, 0.1) is 19.8 Å². The van der Waals surface area contributed by atoms with Crippen molar-refractivity contribution in [2.45, 2.75) is 34.1 Å². The summed E-state index contributed by atoms with van der Waals surface area (Å²) in [5.74, 6) is 4.67. The highest BCUT2D eigenvalue weighted by Crippen LogP contribution is 2.29. The first-order chi connectivity index (χ1) is 9.37. The van der Waals surface area contributed by atoms with Crippen LogP contribution in [0.5, 0.6) is 11.5 Å². The summed E-state index contributed by atoms with van der Waals surface area (Å²) in [6.45, 7) is 9.22. The van der Waals surface area contributed by atoms with Crippen LogP contribution in [0.3, 0.4) is 0 Å². The van der Waals surface area contributed by atoms with Crippen LogP contribution in [0.1, 0.15) is 39.7 Å². The Morgan fingerprint density at radius 3 is 2.15 bits per heavy atom. The Morgan fingerprint density at radius 2 is 1.70 bits per heavy atom. The molecule has 0 spiro atoms. The Kier molecular flexibility index (Phi) is 6.55. The van der Waals surface area contributed by atoms with Crippen LogP contribution < -0.4 is 9.47 Å². The highest BCUT2D eigenvalue weighted by Gasteiger charge is 2.14. The average Bonchev–Trinajstić information content (AvgIpc) is 2.36. The van der Waals surface area contributed by atoms with Crippen LogP contribution in [0.4, 0.5) is 0 Å². The van der Waals surface area contributed by atoms with Gasteiger partial charge in [0, 0.05) is 0 Å². The van der Waals surface area contributed by atoms with E-state index in [9.17, 15) is 0 Å². The molecule has 112 valence electrons. The summed E-state index contributed by atoms with van der Waals surface area (Å²) in [7, 11) is 4.71. The maximum absolute atomic E-state index is 5.41. The lowest BCUT2D eigenvalue weighted by Crippen LogP contribution is -2.11. The zero-order chi connectivity index (χ0) is 15.2. The molecule has 1 aromatic carbocycles. The second-order valence-electron chi connectivity index (χ2n) is 6.44. The predicted octanol–water partition coefficient (Wildman–Crippen LogP) is 4.87. The summed E-state index contributed by atoms with van der Waals surface area (Å²) in [6.07, 6.45) is 2.41. The van der Waals surface area contributed by atoms with Gasteiger partial charge in [-0.3, -0.25) is 0 Å². The van der Waals surface area contributed by atoms with Gasteiger partial charge in [0.25, 0.3) is 0 Å². The van der Waals surface area contributed by atoms with E-state index in [1.54, 1.807) is 14.2 Å². The predicted molar refractivity (Wildman–Crippen MR) is 89.7 cm³/mol. The molecule has 0 aliphatic carbocycles. The topological polar surface area (TPSA) is 18.5 Å². The third-order valence-electron chi connectivity index (χ3n) is 3.06. The van der Waals surface area contributed by atoms with Crippen LogP contribution in [-0.4, -0.2) is 26.2 Å². The fourth-order valence-electron chi connectivity index (χ4n) is 2.44. The summed E-state index contributed by atoms with van der Waals surface area (Å²) in [5.41, 5.74) is 1.46. The van der Waals surface area contributed by atoms with E-state index in [1.807, 2.05) is 18.2 Å². The van der Waals surface area contributed by atoms with Crippen molar-refractivity contribution < 1.29 is 9.47 Å². The molecule has 0 N–H and O–H groups in total. The van der Waals surface area contributed by atoms with E-state index in [0.717, 1.165) is 17.1 Å². The summed E-state index contributed by atoms with van der Waals surface area (Å²) in [4.78, 5) is 0. The van der Waals surface area contributed by atoms with Crippen LogP contribution >= 0.6 is 8.20 Å². The molecule has 0 aliphatic rings. The van der Waals surface area contributed by atoms with Crippen LogP contribution in [0.15, 0.2) is 18.2 Å². The molecular formula is C17H27O2P. The Hall–Kier alpha value is -1.01. The largest absolute Gasteiger partial charge is 0.496 e. The molecular weight excluding hydrogens is 267 g/mol. The smallest absolute Gasteiger partial charge is 0.130 e. The standard InChI is InChI=1S/C17H27O2P/c1-13(10-17(2,3)4)11-20-12-14-15(18-5)8-7-9-16(14)19-6/h7-9,12-13H,10-11H2,1-6H3. The zero-order valence-electron chi connectivity index (χ0n) is 13.6. The SMILES string of the molecule is COc1cccc(OC)c1C=PCC(C)CC(C)(C)C. The summed E-state index contributed by atoms with van der Waals surface area (Å²) in [5, 5.41) is 0. The molecule has 0 aliphatic heterocycles. The summed E-state index contributed by atoms with van der Waals surface area (Å²) < 4.78 is 10.8. The van der Waals surface area contributed by atoms with Crippen LogP contribution in [-0.2, 0) is 0 Å². The van der Waals surface area contributed by atoms with Gasteiger partial charge in [-0.15, -0.1) is 8.20 Å². The molecule has 1 rings (SSSR count). The first-order valence-electron chi connectivity index (χ1n) is 7.08. The van der Waals surface area contributed by atoms with Crippen molar-refractivity contribution in [3.05, 3.63) is 23.8 Å². The molecule has 3 heteroatoms. The quantitative estimate of drug-likeness (QED) is 0.697. The second kappa shape index (κ2) is 7.69. The highest BCUT2D eigenvalue weighted by atomic mass is 31.1. The molecule has 0 fully saturated rings. The van der Waals surface area contributed by atoms with Gasteiger partial charge in [0.1, 0.15) is 11.5 Å². The van der Waals surface area contributed by atoms with Crippen molar-refractivity contribution in [2.75, 3.05) is 20.4 Å². The Balaban J connectivity index is 2.75. The lowest BCUT2D eigenvalue weighted by atomic mass is 9.86. The summed E-state index contributed by atoms with van der Waals surface area (Å²) >= 11 is 0. The number of benzene rings is 1. The summed E-state index contributed by atoms with van der Waals surface area (Å²) in [6, 6.07) is 5.90. The number of methoxy groups -OCH3 is 2. The molecule has 1 unspecified atom stereocenters. The lowest BCUT2D eigenvalue weighted by molar-refractivity contribution is 0.323. The highest BCUT2D eigenvalue weighted by molar-refractivity contribution is 7.39. The van der Waals surface area contributed by atoms with Crippen molar-refractivity contribution in [3.63, 3.8) is 0 Å². The second-order valence-corrected chi connectivity index (χ2v) is 7.43. The van der Waals surface area contributed by atoms with Gasteiger partial charge in [0.15, 0.2) is 0 Å². The molecule has 0 radical (unpaired) electrons. The monoisotopic (exact) mass is 294 g/mol. The molecule has 2 nitrogen and oxygen atoms in total. The maximum Gasteiger partial charge on any atom is 0.130 e. The van der Waals surface area contributed by atoms with Gasteiger partial charge in [-0.05, 0) is 41.8 Å². The van der Waals surface area contributed by atoms with E-state index < -0.39 is 0 Å². The third kappa shape index (κ3) is 5.54. The number of ether oxygens (including phenoxy) is 2. The molecule has 0 saturated carbocycles. The maximum atomic E-state index is 5.41. The van der Waals surface area contributed by atoms with Crippen LogP contribution in [0, 0.1) is 11.3 Å². The molecule has 0 amide bonds. The Labute approximate surface area is 125 Å². The van der Waals surface area contributed by atoms with Gasteiger partial charge in [-0.2, -0.15) is 0 Å². The van der Waals surface area contributed by atoms with E-state index in [1.165, 1.54) is 20.8 Å². The normalized spacial score (nSPS) is 13.5. The number of hydrogen-bond acceptors (Lipinski definition) is 2. The van der Waals surface area contributed by atoms with Crippen molar-refractivity contribution in [1.29, 1.82) is 0 Å². The third-order valence-corrected chi connectivity index (χ3v) is 4.34. The minimum absolute atomic E-state index is 0.400. The van der Waals surface area contributed by atoms with Gasteiger partial charge in [-0.1, -0.05) is 33.8 Å². The molecule has 0 heterocycles. The fraction of sp³-hybridized carbons (Fsp3) is 0.588. The minimum Gasteiger partial charge on any atom is -0.496 e. The lowest BCUT2D eigenvalue weighted by Gasteiger charge is -2.22. The van der Waals surface area contributed by atoms with E-state index in [2.05, 4.69) is 33.5 Å². The molecule has 0 saturated heterocycles. The van der Waals surface area contributed by atoms with Gasteiger partial charge >= 0.3 is 0 Å². The van der Waals surface area contributed by atoms with Gasteiger partial charge in [0.2, 0.25) is 0 Å². The molecule has 0 bridgehead atoms. The van der Waals surface area contributed by atoms with Crippen molar-refractivity contribution in [3.8, 4) is 11.5 Å². The van der Waals surface area contributed by atoms with Crippen LogP contribution in [0.25, 0.3) is 0 Å². The fourth-order valence-corrected chi connectivity index (χ4v) is 3.47. The van der Waals surface area contributed by atoms with E-state index in [4.69, 9.17) is 9.47 Å². The number of rotatable bonds is 6. The first-order valence-corrected chi connectivity index (χ1v) is 8.23. The zero-order valence-corrected chi connectivity index (χ0v) is 14.5. The van der Waals surface area contributed by atoms with E-state index in [0.29, 0.717) is 11.3 Å². The molecule has 1 aromatic rings.